The highest BCUT2D eigenvalue weighted by molar-refractivity contribution is 9.11. The van der Waals surface area contributed by atoms with E-state index in [2.05, 4.69) is 41.8 Å². The van der Waals surface area contributed by atoms with Gasteiger partial charge in [0.05, 0.1) is 15.8 Å². The minimum atomic E-state index is -0.468. The number of fused-ring (bicyclic) bond motifs is 1. The van der Waals surface area contributed by atoms with Crippen LogP contribution in [0.4, 0.5) is 5.69 Å². The number of nitro benzene ring substituents is 1. The molecule has 8 nitrogen and oxygen atoms in total. The largest absolute Gasteiger partial charge is 0.459 e. The Bertz CT molecular complexity index is 1310. The van der Waals surface area contributed by atoms with Gasteiger partial charge in [0, 0.05) is 27.3 Å². The van der Waals surface area contributed by atoms with E-state index >= 15 is 0 Å². The van der Waals surface area contributed by atoms with Crippen LogP contribution in [0.5, 0.6) is 6.01 Å². The predicted molar refractivity (Wildman–Crippen MR) is 118 cm³/mol. The highest BCUT2D eigenvalue weighted by Gasteiger charge is 2.17. The van der Waals surface area contributed by atoms with Gasteiger partial charge in [0.25, 0.3) is 11.2 Å². The van der Waals surface area contributed by atoms with Crippen LogP contribution in [0, 0.1) is 10.1 Å². The van der Waals surface area contributed by atoms with E-state index in [1.807, 2.05) is 0 Å². The summed E-state index contributed by atoms with van der Waals surface area (Å²) < 4.78 is 8.53. The maximum Gasteiger partial charge on any atom is 0.306 e. The Morgan fingerprint density at radius 1 is 1.10 bits per heavy atom. The van der Waals surface area contributed by atoms with Gasteiger partial charge in [0.2, 0.25) is 0 Å². The van der Waals surface area contributed by atoms with Gasteiger partial charge in [-0.25, -0.2) is 9.55 Å². The van der Waals surface area contributed by atoms with Gasteiger partial charge in [-0.3, -0.25) is 14.9 Å². The number of non-ortho nitro benzene ring substituents is 1. The van der Waals surface area contributed by atoms with Crippen molar-refractivity contribution in [3.63, 3.8) is 0 Å². The Morgan fingerprint density at radius 2 is 1.87 bits per heavy atom. The van der Waals surface area contributed by atoms with E-state index in [0.29, 0.717) is 26.8 Å². The molecule has 2 heterocycles. The number of pyridine rings is 1. The molecular weight excluding hydrogens is 520 g/mol. The third-order valence-electron chi connectivity index (χ3n) is 4.25. The van der Waals surface area contributed by atoms with E-state index in [-0.39, 0.29) is 23.9 Å². The van der Waals surface area contributed by atoms with Crippen LogP contribution in [0.25, 0.3) is 16.7 Å². The zero-order chi connectivity index (χ0) is 21.3. The number of aromatic nitrogens is 3. The predicted octanol–water partition coefficient (Wildman–Crippen LogP) is 4.79. The molecule has 30 heavy (non-hydrogen) atoms. The molecule has 0 atom stereocenters. The molecule has 0 saturated carbocycles. The summed E-state index contributed by atoms with van der Waals surface area (Å²) >= 11 is 6.83. The van der Waals surface area contributed by atoms with Crippen LogP contribution in [0.3, 0.4) is 0 Å². The van der Waals surface area contributed by atoms with Crippen LogP contribution >= 0.6 is 31.9 Å². The summed E-state index contributed by atoms with van der Waals surface area (Å²) in [7, 11) is 0. The van der Waals surface area contributed by atoms with E-state index in [4.69, 9.17) is 4.74 Å². The third kappa shape index (κ3) is 3.96. The second-order valence-corrected chi connectivity index (χ2v) is 7.99. The molecule has 0 radical (unpaired) electrons. The third-order valence-corrected chi connectivity index (χ3v) is 5.32. The number of halogens is 2. The number of nitro groups is 1. The highest BCUT2D eigenvalue weighted by atomic mass is 79.9. The average molecular weight is 532 g/mol. The van der Waals surface area contributed by atoms with Gasteiger partial charge < -0.3 is 4.74 Å². The van der Waals surface area contributed by atoms with Gasteiger partial charge in [0.1, 0.15) is 12.4 Å². The Labute approximate surface area is 186 Å². The van der Waals surface area contributed by atoms with Crippen molar-refractivity contribution in [3.05, 3.63) is 95.8 Å². The molecular formula is C20H12Br2N4O4. The van der Waals surface area contributed by atoms with E-state index in [0.717, 1.165) is 4.47 Å². The lowest BCUT2D eigenvalue weighted by molar-refractivity contribution is -0.384. The van der Waals surface area contributed by atoms with Crippen LogP contribution < -0.4 is 10.3 Å². The SMILES string of the molecule is O=c1c2cc(Br)cc(Br)c2nc(OCc2ccc([N+](=O)[O-])cc2)n1-c1ccccn1. The normalized spacial score (nSPS) is 10.9. The monoisotopic (exact) mass is 530 g/mol. The maximum atomic E-state index is 13.3. The lowest BCUT2D eigenvalue weighted by atomic mass is 10.2. The van der Waals surface area contributed by atoms with Crippen molar-refractivity contribution in [1.82, 2.24) is 14.5 Å². The molecule has 2 aromatic heterocycles. The van der Waals surface area contributed by atoms with Gasteiger partial charge in [0.15, 0.2) is 0 Å². The van der Waals surface area contributed by atoms with Crippen molar-refractivity contribution in [1.29, 1.82) is 0 Å². The summed E-state index contributed by atoms with van der Waals surface area (Å²) in [5, 5.41) is 11.2. The van der Waals surface area contributed by atoms with Crippen LogP contribution in [0.1, 0.15) is 5.56 Å². The molecule has 0 fully saturated rings. The second kappa shape index (κ2) is 8.33. The quantitative estimate of drug-likeness (QED) is 0.271. The smallest absolute Gasteiger partial charge is 0.306 e. The lowest BCUT2D eigenvalue weighted by Crippen LogP contribution is -2.23. The minimum absolute atomic E-state index is 0.0116. The molecule has 0 unspecified atom stereocenters. The fourth-order valence-electron chi connectivity index (χ4n) is 2.84. The zero-order valence-electron chi connectivity index (χ0n) is 15.2. The first-order valence-electron chi connectivity index (χ1n) is 8.63. The molecule has 4 aromatic rings. The summed E-state index contributed by atoms with van der Waals surface area (Å²) in [5.74, 6) is 0.367. The highest BCUT2D eigenvalue weighted by Crippen LogP contribution is 2.28. The molecule has 0 aliphatic heterocycles. The molecule has 0 saturated heterocycles. The molecule has 0 amide bonds. The number of nitrogens with zero attached hydrogens (tertiary/aromatic N) is 4. The first-order chi connectivity index (χ1) is 14.4. The van der Waals surface area contributed by atoms with Crippen molar-refractivity contribution in [2.45, 2.75) is 6.61 Å². The number of hydrogen-bond acceptors (Lipinski definition) is 6. The number of hydrogen-bond donors (Lipinski definition) is 0. The van der Waals surface area contributed by atoms with E-state index in [9.17, 15) is 14.9 Å². The molecule has 0 N–H and O–H groups in total. The van der Waals surface area contributed by atoms with Crippen molar-refractivity contribution in [2.24, 2.45) is 0 Å². The summed E-state index contributed by atoms with van der Waals surface area (Å²) in [6.07, 6.45) is 1.57. The first-order valence-corrected chi connectivity index (χ1v) is 10.2. The standard InChI is InChI=1S/C20H12Br2N4O4/c21-13-9-15-18(16(22)10-13)24-20(25(19(15)27)17-3-1-2-8-23-17)30-11-12-4-6-14(7-5-12)26(28)29/h1-10H,11H2. The number of ether oxygens (including phenoxy) is 1. The summed E-state index contributed by atoms with van der Waals surface area (Å²) in [5.41, 5.74) is 0.799. The molecule has 0 aliphatic rings. The Kier molecular flexibility index (Phi) is 5.60. The molecule has 4 rings (SSSR count). The summed E-state index contributed by atoms with van der Waals surface area (Å²) in [6.45, 7) is 0.0664. The number of benzene rings is 2. The van der Waals surface area contributed by atoms with E-state index in [1.54, 1.807) is 48.7 Å². The molecule has 2 aromatic carbocycles. The van der Waals surface area contributed by atoms with E-state index in [1.165, 1.54) is 16.7 Å². The van der Waals surface area contributed by atoms with Crippen molar-refractivity contribution >= 4 is 48.5 Å². The Morgan fingerprint density at radius 3 is 2.53 bits per heavy atom. The van der Waals surface area contributed by atoms with Gasteiger partial charge in [-0.05, 0) is 57.9 Å². The molecule has 0 aliphatic carbocycles. The zero-order valence-corrected chi connectivity index (χ0v) is 18.3. The van der Waals surface area contributed by atoms with Crippen molar-refractivity contribution < 1.29 is 9.66 Å². The van der Waals surface area contributed by atoms with Gasteiger partial charge in [-0.2, -0.15) is 4.98 Å². The Balaban J connectivity index is 1.81. The van der Waals surface area contributed by atoms with Crippen molar-refractivity contribution in [3.8, 4) is 11.8 Å². The molecule has 10 heteroatoms. The van der Waals surface area contributed by atoms with Crippen molar-refractivity contribution in [2.75, 3.05) is 0 Å². The van der Waals surface area contributed by atoms with Crippen LogP contribution in [-0.2, 0) is 6.61 Å². The Hall–Kier alpha value is -3.11. The second-order valence-electron chi connectivity index (χ2n) is 6.22. The van der Waals surface area contributed by atoms with E-state index < -0.39 is 4.92 Å². The van der Waals surface area contributed by atoms with Crippen LogP contribution in [0.2, 0.25) is 0 Å². The molecule has 0 spiro atoms. The first kappa shape index (κ1) is 20.2. The average Bonchev–Trinajstić information content (AvgIpc) is 2.74. The minimum Gasteiger partial charge on any atom is -0.459 e. The lowest BCUT2D eigenvalue weighted by Gasteiger charge is -2.14. The topological polar surface area (TPSA) is 100 Å². The summed E-state index contributed by atoms with van der Waals surface area (Å²) in [4.78, 5) is 32.4. The van der Waals surface area contributed by atoms with Crippen LogP contribution in [0.15, 0.2) is 74.5 Å². The van der Waals surface area contributed by atoms with Gasteiger partial charge >= 0.3 is 6.01 Å². The maximum absolute atomic E-state index is 13.3. The number of rotatable bonds is 5. The van der Waals surface area contributed by atoms with Gasteiger partial charge in [-0.15, -0.1) is 0 Å². The molecule has 0 bridgehead atoms. The fourth-order valence-corrected chi connectivity index (χ4v) is 4.16. The summed E-state index contributed by atoms with van der Waals surface area (Å²) in [6, 6.07) is 14.7. The van der Waals surface area contributed by atoms with Crippen LogP contribution in [-0.4, -0.2) is 19.5 Å². The molecule has 150 valence electrons. The van der Waals surface area contributed by atoms with Gasteiger partial charge in [-0.1, -0.05) is 22.0 Å². The fraction of sp³-hybridized carbons (Fsp3) is 0.0500.